The van der Waals surface area contributed by atoms with Crippen LogP contribution in [0.3, 0.4) is 0 Å². The van der Waals surface area contributed by atoms with Crippen LogP contribution in [0.1, 0.15) is 23.1 Å². The topological polar surface area (TPSA) is 49.4 Å². The van der Waals surface area contributed by atoms with Crippen molar-refractivity contribution in [2.45, 2.75) is 26.8 Å². The Kier molecular flexibility index (Phi) is 5.33. The number of nitrogens with one attached hydrogen (secondary N) is 1. The van der Waals surface area contributed by atoms with Crippen LogP contribution in [0.25, 0.3) is 0 Å². The largest absolute Gasteiger partial charge is 0.341 e. The number of hydrogen-bond donors (Lipinski definition) is 1. The van der Waals surface area contributed by atoms with E-state index in [1.165, 1.54) is 0 Å². The van der Waals surface area contributed by atoms with Crippen molar-refractivity contribution in [1.29, 1.82) is 0 Å². The molecule has 0 saturated heterocycles. The molecule has 2 amide bonds. The molecule has 0 aliphatic heterocycles. The third-order valence-corrected chi connectivity index (χ3v) is 5.06. The maximum Gasteiger partial charge on any atom is 0.228 e. The zero-order chi connectivity index (χ0) is 18.8. The lowest BCUT2D eigenvalue weighted by Crippen LogP contribution is -2.29. The Labute approximate surface area is 159 Å². The van der Waals surface area contributed by atoms with E-state index in [1.807, 2.05) is 56.3 Å². The number of halogens is 1. The third kappa shape index (κ3) is 4.07. The van der Waals surface area contributed by atoms with Crippen LogP contribution in [0, 0.1) is 25.7 Å². The van der Waals surface area contributed by atoms with E-state index in [1.54, 1.807) is 11.9 Å². The second-order valence-corrected chi connectivity index (χ2v) is 7.46. The zero-order valence-electron chi connectivity index (χ0n) is 15.3. The number of anilines is 1. The first kappa shape index (κ1) is 18.5. The van der Waals surface area contributed by atoms with Crippen LogP contribution in [0.15, 0.2) is 42.5 Å². The first-order chi connectivity index (χ1) is 12.4. The van der Waals surface area contributed by atoms with E-state index in [0.29, 0.717) is 23.7 Å². The van der Waals surface area contributed by atoms with Gasteiger partial charge in [-0.2, -0.15) is 0 Å². The molecule has 2 unspecified atom stereocenters. The predicted molar refractivity (Wildman–Crippen MR) is 104 cm³/mol. The Morgan fingerprint density at radius 1 is 1.15 bits per heavy atom. The molecule has 136 valence electrons. The van der Waals surface area contributed by atoms with Crippen LogP contribution in [-0.2, 0) is 16.1 Å². The minimum atomic E-state index is -0.280. The molecule has 1 fully saturated rings. The Morgan fingerprint density at radius 2 is 1.85 bits per heavy atom. The van der Waals surface area contributed by atoms with Gasteiger partial charge in [0.15, 0.2) is 0 Å². The predicted octanol–water partition coefficient (Wildman–Crippen LogP) is 4.19. The number of benzene rings is 2. The van der Waals surface area contributed by atoms with Crippen LogP contribution in [0.4, 0.5) is 5.69 Å². The van der Waals surface area contributed by atoms with Gasteiger partial charge in [-0.05, 0) is 43.0 Å². The number of nitrogens with zero attached hydrogens (tertiary/aromatic N) is 1. The summed E-state index contributed by atoms with van der Waals surface area (Å²) in [5.74, 6) is -0.642. The van der Waals surface area contributed by atoms with Crippen molar-refractivity contribution in [3.05, 3.63) is 64.2 Å². The molecule has 1 N–H and O–H groups in total. The van der Waals surface area contributed by atoms with Crippen LogP contribution < -0.4 is 5.32 Å². The number of hydrogen-bond acceptors (Lipinski definition) is 2. The van der Waals surface area contributed by atoms with Crippen LogP contribution in [0.5, 0.6) is 0 Å². The molecule has 3 rings (SSSR count). The average molecular weight is 371 g/mol. The minimum absolute atomic E-state index is 0.0146. The van der Waals surface area contributed by atoms with Crippen molar-refractivity contribution in [1.82, 2.24) is 4.90 Å². The molecule has 4 nitrogen and oxygen atoms in total. The molecule has 1 aliphatic rings. The fraction of sp³-hybridized carbons (Fsp3) is 0.333. The van der Waals surface area contributed by atoms with Gasteiger partial charge in [-0.25, -0.2) is 0 Å². The Morgan fingerprint density at radius 3 is 2.50 bits per heavy atom. The Bertz CT molecular complexity index is 812. The van der Waals surface area contributed by atoms with Crippen molar-refractivity contribution in [3.63, 3.8) is 0 Å². The second-order valence-electron chi connectivity index (χ2n) is 7.06. The summed E-state index contributed by atoms with van der Waals surface area (Å²) in [6.07, 6.45) is 0.590. The summed E-state index contributed by atoms with van der Waals surface area (Å²) >= 11 is 6.25. The Hall–Kier alpha value is -2.33. The molecular weight excluding hydrogens is 348 g/mol. The summed E-state index contributed by atoms with van der Waals surface area (Å²) in [5.41, 5.74) is 3.69. The van der Waals surface area contributed by atoms with E-state index in [4.69, 9.17) is 11.6 Å². The molecule has 1 saturated carbocycles. The van der Waals surface area contributed by atoms with Crippen LogP contribution in [-0.4, -0.2) is 23.8 Å². The van der Waals surface area contributed by atoms with Crippen molar-refractivity contribution < 1.29 is 9.59 Å². The lowest BCUT2D eigenvalue weighted by atomic mass is 10.1. The van der Waals surface area contributed by atoms with Crippen LogP contribution >= 0.6 is 11.6 Å². The van der Waals surface area contributed by atoms with Gasteiger partial charge < -0.3 is 10.2 Å². The molecule has 26 heavy (non-hydrogen) atoms. The quantitative estimate of drug-likeness (QED) is 0.857. The smallest absolute Gasteiger partial charge is 0.228 e. The van der Waals surface area contributed by atoms with E-state index in [9.17, 15) is 9.59 Å². The maximum absolute atomic E-state index is 12.6. The highest BCUT2D eigenvalue weighted by Crippen LogP contribution is 2.41. The van der Waals surface area contributed by atoms with Gasteiger partial charge in [0, 0.05) is 13.6 Å². The first-order valence-electron chi connectivity index (χ1n) is 8.73. The van der Waals surface area contributed by atoms with Gasteiger partial charge in [0.25, 0.3) is 0 Å². The normalized spacial score (nSPS) is 18.3. The molecule has 0 bridgehead atoms. The summed E-state index contributed by atoms with van der Waals surface area (Å²) in [7, 11) is 1.78. The van der Waals surface area contributed by atoms with E-state index in [-0.39, 0.29) is 23.7 Å². The maximum atomic E-state index is 12.6. The highest BCUT2D eigenvalue weighted by Gasteiger charge is 2.49. The van der Waals surface area contributed by atoms with Gasteiger partial charge in [0.1, 0.15) is 0 Å². The molecule has 2 aromatic carbocycles. The lowest BCUT2D eigenvalue weighted by Gasteiger charge is -2.17. The van der Waals surface area contributed by atoms with Gasteiger partial charge in [-0.15, -0.1) is 0 Å². The molecule has 0 radical (unpaired) electrons. The number of carbonyl (C=O) groups excluding carboxylic acids is 2. The zero-order valence-corrected chi connectivity index (χ0v) is 16.0. The summed E-state index contributed by atoms with van der Waals surface area (Å²) in [4.78, 5) is 26.8. The van der Waals surface area contributed by atoms with Gasteiger partial charge in [-0.1, -0.05) is 48.0 Å². The molecule has 5 heteroatoms. The number of amides is 2. The SMILES string of the molecule is Cc1cc(C)c(NC(=O)C2CC2C(=O)N(C)Cc2ccccc2)c(Cl)c1. The summed E-state index contributed by atoms with van der Waals surface area (Å²) in [6, 6.07) is 13.6. The molecule has 2 aromatic rings. The van der Waals surface area contributed by atoms with Crippen molar-refractivity contribution >= 4 is 29.1 Å². The fourth-order valence-corrected chi connectivity index (χ4v) is 3.63. The third-order valence-electron chi connectivity index (χ3n) is 4.76. The van der Waals surface area contributed by atoms with Crippen molar-refractivity contribution in [2.24, 2.45) is 11.8 Å². The van der Waals surface area contributed by atoms with Crippen LogP contribution in [0.2, 0.25) is 5.02 Å². The van der Waals surface area contributed by atoms with E-state index < -0.39 is 0 Å². The minimum Gasteiger partial charge on any atom is -0.341 e. The molecule has 2 atom stereocenters. The van der Waals surface area contributed by atoms with Crippen molar-refractivity contribution in [3.8, 4) is 0 Å². The van der Waals surface area contributed by atoms with E-state index >= 15 is 0 Å². The number of aryl methyl sites for hydroxylation is 2. The first-order valence-corrected chi connectivity index (χ1v) is 9.11. The standard InChI is InChI=1S/C21H23ClN2O2/c1-13-9-14(2)19(18(22)10-13)23-20(25)16-11-17(16)21(26)24(3)12-15-7-5-4-6-8-15/h4-10,16-17H,11-12H2,1-3H3,(H,23,25). The summed E-state index contributed by atoms with van der Waals surface area (Å²) in [6.45, 7) is 4.42. The number of carbonyl (C=O) groups is 2. The number of rotatable bonds is 5. The van der Waals surface area contributed by atoms with Gasteiger partial charge >= 0.3 is 0 Å². The molecule has 0 heterocycles. The average Bonchev–Trinajstić information content (AvgIpc) is 3.39. The summed E-state index contributed by atoms with van der Waals surface area (Å²) in [5, 5.41) is 3.43. The summed E-state index contributed by atoms with van der Waals surface area (Å²) < 4.78 is 0. The molecule has 0 spiro atoms. The highest BCUT2D eigenvalue weighted by atomic mass is 35.5. The van der Waals surface area contributed by atoms with Crippen molar-refractivity contribution in [2.75, 3.05) is 12.4 Å². The van der Waals surface area contributed by atoms with Gasteiger partial charge in [0.2, 0.25) is 11.8 Å². The van der Waals surface area contributed by atoms with E-state index in [2.05, 4.69) is 5.32 Å². The molecular formula is C21H23ClN2O2. The fourth-order valence-electron chi connectivity index (χ4n) is 3.27. The van der Waals surface area contributed by atoms with Gasteiger partial charge in [-0.3, -0.25) is 9.59 Å². The molecule has 1 aliphatic carbocycles. The second kappa shape index (κ2) is 7.50. The lowest BCUT2D eigenvalue weighted by molar-refractivity contribution is -0.133. The van der Waals surface area contributed by atoms with E-state index in [0.717, 1.165) is 16.7 Å². The monoisotopic (exact) mass is 370 g/mol. The molecule has 0 aromatic heterocycles. The highest BCUT2D eigenvalue weighted by molar-refractivity contribution is 6.34. The Balaban J connectivity index is 1.59. The van der Waals surface area contributed by atoms with Gasteiger partial charge in [0.05, 0.1) is 22.5 Å².